The van der Waals surface area contributed by atoms with Crippen molar-refractivity contribution in [1.82, 2.24) is 19.6 Å². The monoisotopic (exact) mass is 518 g/mol. The average molecular weight is 519 g/mol. The predicted octanol–water partition coefficient (Wildman–Crippen LogP) is 6.59. The molecule has 10 nitrogen and oxygen atoms in total. The molecule has 2 aromatic carbocycles. The van der Waals surface area contributed by atoms with E-state index in [1.807, 2.05) is 43.0 Å². The lowest BCUT2D eigenvalue weighted by Gasteiger charge is -2.17. The molecule has 0 bridgehead atoms. The second-order valence-corrected chi connectivity index (χ2v) is 11.2. The summed E-state index contributed by atoms with van der Waals surface area (Å²) < 4.78 is 3.59. The molecule has 0 atom stereocenters. The molecular formula is C28H34N6O4. The molecule has 0 N–H and O–H groups in total. The number of nitro groups is 2. The first kappa shape index (κ1) is 28.2. The lowest BCUT2D eigenvalue weighted by atomic mass is 9.91. The van der Waals surface area contributed by atoms with Crippen molar-refractivity contribution in [2.75, 3.05) is 0 Å². The molecule has 0 saturated heterocycles. The fourth-order valence-electron chi connectivity index (χ4n) is 3.97. The molecule has 0 fully saturated rings. The van der Waals surface area contributed by atoms with E-state index in [2.05, 4.69) is 51.7 Å². The Balaban J connectivity index is 0.000000211. The minimum absolute atomic E-state index is 0.0132. The Hall–Kier alpha value is -4.34. The third-order valence-electron chi connectivity index (χ3n) is 6.00. The largest absolute Gasteiger partial charge is 0.272 e. The van der Waals surface area contributed by atoms with Crippen LogP contribution < -0.4 is 0 Å². The fourth-order valence-corrected chi connectivity index (χ4v) is 3.97. The van der Waals surface area contributed by atoms with E-state index >= 15 is 0 Å². The highest BCUT2D eigenvalue weighted by atomic mass is 16.6. The lowest BCUT2D eigenvalue weighted by molar-refractivity contribution is -0.385. The summed E-state index contributed by atoms with van der Waals surface area (Å²) in [5.41, 5.74) is 5.39. The molecule has 200 valence electrons. The molecule has 2 heterocycles. The molecule has 2 aromatic heterocycles. The zero-order chi connectivity index (χ0) is 28.4. The zero-order valence-corrected chi connectivity index (χ0v) is 23.1. The van der Waals surface area contributed by atoms with Crippen molar-refractivity contribution in [3.63, 3.8) is 0 Å². The average Bonchev–Trinajstić information content (AvgIpc) is 3.42. The van der Waals surface area contributed by atoms with Crippen molar-refractivity contribution in [2.45, 2.75) is 52.4 Å². The summed E-state index contributed by atoms with van der Waals surface area (Å²) in [4.78, 5) is 20.8. The van der Waals surface area contributed by atoms with Crippen LogP contribution in [0.2, 0.25) is 0 Å². The molecule has 4 aromatic rings. The molecule has 0 aliphatic carbocycles. The van der Waals surface area contributed by atoms with Crippen LogP contribution in [0, 0.1) is 20.2 Å². The minimum atomic E-state index is -0.392. The van der Waals surface area contributed by atoms with E-state index < -0.39 is 4.92 Å². The van der Waals surface area contributed by atoms with Gasteiger partial charge in [-0.2, -0.15) is 10.2 Å². The maximum Gasteiger partial charge on any atom is 0.270 e. The Morgan fingerprint density at radius 3 is 1.66 bits per heavy atom. The van der Waals surface area contributed by atoms with Crippen LogP contribution in [0.25, 0.3) is 22.5 Å². The fraction of sp³-hybridized carbons (Fsp3) is 0.357. The third-order valence-corrected chi connectivity index (χ3v) is 6.00. The van der Waals surface area contributed by atoms with Gasteiger partial charge in [-0.25, -0.2) is 0 Å². The second-order valence-electron chi connectivity index (χ2n) is 11.2. The molecule has 38 heavy (non-hydrogen) atoms. The number of aryl methyl sites for hydroxylation is 2. The Kier molecular flexibility index (Phi) is 7.85. The van der Waals surface area contributed by atoms with Crippen LogP contribution >= 0.6 is 0 Å². The number of nitro benzene ring substituents is 2. The van der Waals surface area contributed by atoms with Crippen LogP contribution in [0.3, 0.4) is 0 Å². The van der Waals surface area contributed by atoms with Crippen LogP contribution in [-0.2, 0) is 24.9 Å². The smallest absolute Gasteiger partial charge is 0.270 e. The predicted molar refractivity (Wildman–Crippen MR) is 148 cm³/mol. The van der Waals surface area contributed by atoms with Crippen molar-refractivity contribution < 1.29 is 9.85 Å². The topological polar surface area (TPSA) is 122 Å². The van der Waals surface area contributed by atoms with Gasteiger partial charge in [0.15, 0.2) is 0 Å². The van der Waals surface area contributed by atoms with Gasteiger partial charge in [-0.1, -0.05) is 65.8 Å². The second kappa shape index (κ2) is 10.6. The van der Waals surface area contributed by atoms with Crippen molar-refractivity contribution in [3.8, 4) is 22.5 Å². The van der Waals surface area contributed by atoms with E-state index in [0.29, 0.717) is 0 Å². The molecule has 0 aliphatic rings. The Morgan fingerprint density at radius 1 is 0.684 bits per heavy atom. The van der Waals surface area contributed by atoms with Crippen LogP contribution in [0.1, 0.15) is 52.9 Å². The number of rotatable bonds is 4. The molecule has 0 aliphatic heterocycles. The highest BCUT2D eigenvalue weighted by molar-refractivity contribution is 5.64. The van der Waals surface area contributed by atoms with Gasteiger partial charge in [-0.15, -0.1) is 0 Å². The van der Waals surface area contributed by atoms with Gasteiger partial charge in [0, 0.05) is 66.0 Å². The first-order valence-electron chi connectivity index (χ1n) is 12.2. The Labute approximate surface area is 222 Å². The van der Waals surface area contributed by atoms with Gasteiger partial charge in [0.1, 0.15) is 0 Å². The van der Waals surface area contributed by atoms with Crippen LogP contribution in [-0.4, -0.2) is 29.4 Å². The summed E-state index contributed by atoms with van der Waals surface area (Å²) in [6.07, 6.45) is 0. The van der Waals surface area contributed by atoms with E-state index in [-0.39, 0.29) is 27.1 Å². The first-order chi connectivity index (χ1) is 17.6. The number of benzene rings is 2. The third kappa shape index (κ3) is 6.50. The van der Waals surface area contributed by atoms with Crippen LogP contribution in [0.15, 0.2) is 60.7 Å². The Morgan fingerprint density at radius 2 is 1.21 bits per heavy atom. The molecule has 0 saturated carbocycles. The Bertz CT molecular complexity index is 1470. The van der Waals surface area contributed by atoms with Crippen molar-refractivity contribution >= 4 is 11.4 Å². The number of non-ortho nitro benzene ring substituents is 2. The van der Waals surface area contributed by atoms with Crippen LogP contribution in [0.5, 0.6) is 0 Å². The summed E-state index contributed by atoms with van der Waals surface area (Å²) >= 11 is 0. The van der Waals surface area contributed by atoms with Gasteiger partial charge in [0.2, 0.25) is 0 Å². The molecule has 0 spiro atoms. The van der Waals surface area contributed by atoms with Crippen molar-refractivity contribution in [2.24, 2.45) is 14.1 Å². The van der Waals surface area contributed by atoms with Gasteiger partial charge >= 0.3 is 0 Å². The maximum atomic E-state index is 10.8. The summed E-state index contributed by atoms with van der Waals surface area (Å²) in [7, 11) is 3.74. The van der Waals surface area contributed by atoms with Crippen LogP contribution in [0.4, 0.5) is 11.4 Å². The number of hydrogen-bond donors (Lipinski definition) is 0. The standard InChI is InChI=1S/2C14H17N3O2/c1-14(2,3)13-9-12(16(4)15-13)10-6-5-7-11(8-10)17(18)19;1-14(2,3)13-9-12(15-16(13)4)10-6-5-7-11(8-10)17(18)19/h2*5-9H,1-4H3. The normalized spacial score (nSPS) is 11.6. The quantitative estimate of drug-likeness (QED) is 0.222. The van der Waals surface area contributed by atoms with E-state index in [1.54, 1.807) is 28.9 Å². The maximum absolute atomic E-state index is 10.8. The molecular weight excluding hydrogens is 484 g/mol. The molecule has 10 heteroatoms. The molecule has 0 unspecified atom stereocenters. The summed E-state index contributed by atoms with van der Waals surface area (Å²) in [6.45, 7) is 12.6. The summed E-state index contributed by atoms with van der Waals surface area (Å²) in [6, 6.07) is 17.1. The summed E-state index contributed by atoms with van der Waals surface area (Å²) in [5.74, 6) is 0. The summed E-state index contributed by atoms with van der Waals surface area (Å²) in [5, 5.41) is 30.5. The van der Waals surface area contributed by atoms with Gasteiger partial charge < -0.3 is 0 Å². The van der Waals surface area contributed by atoms with Gasteiger partial charge in [0.05, 0.1) is 26.9 Å². The van der Waals surface area contributed by atoms with Gasteiger partial charge in [-0.3, -0.25) is 29.6 Å². The SMILES string of the molecule is Cn1nc(-c2cccc([N+](=O)[O-])c2)cc1C(C)(C)C.Cn1nc(C(C)(C)C)cc1-c1cccc([N+](=O)[O-])c1. The van der Waals surface area contributed by atoms with Gasteiger partial charge in [-0.05, 0) is 12.1 Å². The number of hydrogen-bond acceptors (Lipinski definition) is 6. The van der Waals surface area contributed by atoms with E-state index in [9.17, 15) is 20.2 Å². The van der Waals surface area contributed by atoms with E-state index in [4.69, 9.17) is 0 Å². The van der Waals surface area contributed by atoms with Gasteiger partial charge in [0.25, 0.3) is 11.4 Å². The zero-order valence-electron chi connectivity index (χ0n) is 23.1. The number of nitrogens with zero attached hydrogens (tertiary/aromatic N) is 6. The number of aromatic nitrogens is 4. The molecule has 0 amide bonds. The van der Waals surface area contributed by atoms with Crippen molar-refractivity contribution in [3.05, 3.63) is 92.3 Å². The highest BCUT2D eigenvalue weighted by Crippen LogP contribution is 2.30. The lowest BCUT2D eigenvalue weighted by Crippen LogP contribution is -2.16. The first-order valence-corrected chi connectivity index (χ1v) is 12.2. The highest BCUT2D eigenvalue weighted by Gasteiger charge is 2.21. The molecule has 0 radical (unpaired) electrons. The minimum Gasteiger partial charge on any atom is -0.272 e. The van der Waals surface area contributed by atoms with E-state index in [0.717, 1.165) is 33.9 Å². The van der Waals surface area contributed by atoms with E-state index in [1.165, 1.54) is 12.1 Å². The molecule has 4 rings (SSSR count). The van der Waals surface area contributed by atoms with Crippen molar-refractivity contribution in [1.29, 1.82) is 0 Å².